The molecule has 1 aromatic rings. The first-order valence-electron chi connectivity index (χ1n) is 6.41. The van der Waals surface area contributed by atoms with Gasteiger partial charge in [-0.25, -0.2) is 0 Å². The molecule has 1 fully saturated rings. The third-order valence-corrected chi connectivity index (χ3v) is 0.931. The summed E-state index contributed by atoms with van der Waals surface area (Å²) in [5, 5.41) is 0. The molecule has 1 atom stereocenters. The fourth-order valence-corrected chi connectivity index (χ4v) is 0.491. The van der Waals surface area contributed by atoms with Crippen LogP contribution in [-0.2, 0) is 4.74 Å². The highest BCUT2D eigenvalue weighted by atomic mass is 16.6. The van der Waals surface area contributed by atoms with E-state index < -0.39 is 48.4 Å². The van der Waals surface area contributed by atoms with Crippen molar-refractivity contribution in [3.8, 4) is 0 Å². The van der Waals surface area contributed by atoms with E-state index >= 15 is 0 Å². The second-order valence-corrected chi connectivity index (χ2v) is 1.53. The Balaban J connectivity index is 2.73. The second-order valence-electron chi connectivity index (χ2n) is 1.53. The van der Waals surface area contributed by atoms with E-state index in [1.165, 1.54) is 0 Å². The van der Waals surface area contributed by atoms with Gasteiger partial charge in [0, 0.05) is 0 Å². The molecule has 0 saturated carbocycles. The van der Waals surface area contributed by atoms with Crippen molar-refractivity contribution in [3.63, 3.8) is 0 Å². The van der Waals surface area contributed by atoms with Gasteiger partial charge in [-0.15, -0.1) is 0 Å². The van der Waals surface area contributed by atoms with Gasteiger partial charge in [0.25, 0.3) is 0 Å². The highest BCUT2D eigenvalue weighted by molar-refractivity contribution is 5.19. The number of epoxide rings is 1. The lowest BCUT2D eigenvalue weighted by Gasteiger charge is -1.89. The fraction of sp³-hybridized carbons (Fsp3) is 0.250. The molecule has 0 bridgehead atoms. The molecule has 1 aromatic carbocycles. The molecular weight excluding hydrogens is 112 g/mol. The molecule has 2 rings (SSSR count). The van der Waals surface area contributed by atoms with Crippen LogP contribution in [0, 0.1) is 0 Å². The first-order chi connectivity index (χ1) is 7.63. The summed E-state index contributed by atoms with van der Waals surface area (Å²) in [5.74, 6) is 0. The summed E-state index contributed by atoms with van der Waals surface area (Å²) in [6.45, 7) is -2.33. The normalized spacial score (nSPS) is 50.2. The second kappa shape index (κ2) is 1.85. The molecule has 1 nitrogen and oxygen atoms in total. The summed E-state index contributed by atoms with van der Waals surface area (Å²) in [5.41, 5.74) is -0.464. The molecular formula is C8H8O. The molecule has 0 aliphatic carbocycles. The Bertz CT molecular complexity index is 484. The Labute approximate surface area is 65.5 Å². The maximum absolute atomic E-state index is 7.67. The van der Waals surface area contributed by atoms with Gasteiger partial charge in [0.2, 0.25) is 0 Å². The van der Waals surface area contributed by atoms with Crippen LogP contribution in [0.3, 0.4) is 0 Å². The monoisotopic (exact) mass is 128 g/mol. The average Bonchev–Trinajstić information content (AvgIpc) is 2.73. The van der Waals surface area contributed by atoms with Crippen LogP contribution in [0.25, 0.3) is 0 Å². The Morgan fingerprint density at radius 1 is 1.67 bits per heavy atom. The van der Waals surface area contributed by atoms with Gasteiger partial charge in [0.15, 0.2) is 0 Å². The minimum absolute atomic E-state index is 0.464. The molecule has 1 heteroatoms. The van der Waals surface area contributed by atoms with Crippen molar-refractivity contribution in [2.45, 2.75) is 6.08 Å². The van der Waals surface area contributed by atoms with E-state index in [4.69, 9.17) is 11.0 Å². The van der Waals surface area contributed by atoms with Crippen LogP contribution < -0.4 is 0 Å². The highest BCUT2D eigenvalue weighted by Gasteiger charge is 2.23. The molecule has 9 heavy (non-hydrogen) atoms. The van der Waals surface area contributed by atoms with Crippen LogP contribution in [0.2, 0.25) is 0 Å². The van der Waals surface area contributed by atoms with Crippen LogP contribution in [0.4, 0.5) is 0 Å². The Hall–Kier alpha value is -0.820. The highest BCUT2D eigenvalue weighted by Crippen LogP contribution is 2.28. The van der Waals surface area contributed by atoms with E-state index in [2.05, 4.69) is 4.74 Å². The van der Waals surface area contributed by atoms with E-state index in [0.717, 1.165) is 0 Å². The number of benzene rings is 1. The largest absolute Gasteiger partial charge is 0.368 e. The van der Waals surface area contributed by atoms with Gasteiger partial charge in [0.1, 0.15) is 6.08 Å². The summed E-state index contributed by atoms with van der Waals surface area (Å²) >= 11 is 0. The summed E-state index contributed by atoms with van der Waals surface area (Å²) in [6.07, 6.45) is -2.22. The lowest BCUT2D eigenvalue weighted by molar-refractivity contribution is 0.415. The van der Waals surface area contributed by atoms with Crippen molar-refractivity contribution in [1.29, 1.82) is 0 Å². The molecule has 1 unspecified atom stereocenters. The standard InChI is InChI=1S/C8H8O/c1-2-4-7(5-3-1)8-6-9-8/h1-5,8H,6H2/i1D,2D,3D,4D,5D,6D2,8D. The van der Waals surface area contributed by atoms with Gasteiger partial charge in [-0.1, -0.05) is 30.2 Å². The van der Waals surface area contributed by atoms with Gasteiger partial charge in [-0.2, -0.15) is 0 Å². The van der Waals surface area contributed by atoms with E-state index in [0.29, 0.717) is 0 Å². The third-order valence-electron chi connectivity index (χ3n) is 0.931. The van der Waals surface area contributed by atoms with Crippen LogP contribution in [0.1, 0.15) is 22.6 Å². The quantitative estimate of drug-likeness (QED) is 0.525. The van der Waals surface area contributed by atoms with E-state index in [-0.39, 0.29) is 0 Å². The Kier molecular flexibility index (Phi) is 0.293. The topological polar surface area (TPSA) is 12.5 Å². The Morgan fingerprint density at radius 3 is 2.89 bits per heavy atom. The molecule has 46 valence electrons. The van der Waals surface area contributed by atoms with Gasteiger partial charge in [0.05, 0.1) is 17.5 Å². The smallest absolute Gasteiger partial charge is 0.106 e. The third kappa shape index (κ3) is 0.958. The van der Waals surface area contributed by atoms with Gasteiger partial charge in [-0.3, -0.25) is 0 Å². The van der Waals surface area contributed by atoms with E-state index in [9.17, 15) is 0 Å². The summed E-state index contributed by atoms with van der Waals surface area (Å²) in [6, 6.07) is -2.98. The van der Waals surface area contributed by atoms with E-state index in [1.807, 2.05) is 0 Å². The summed E-state index contributed by atoms with van der Waals surface area (Å²) < 4.78 is 64.0. The molecule has 1 saturated heterocycles. The zero-order valence-electron chi connectivity index (χ0n) is 12.4. The molecule has 0 amide bonds. The van der Waals surface area contributed by atoms with Crippen molar-refractivity contribution in [1.82, 2.24) is 0 Å². The van der Waals surface area contributed by atoms with Gasteiger partial charge in [-0.05, 0) is 5.56 Å². The molecule has 0 aromatic heterocycles. The van der Waals surface area contributed by atoms with Crippen molar-refractivity contribution in [2.24, 2.45) is 0 Å². The maximum atomic E-state index is 7.67. The molecule has 1 aliphatic rings. The molecule has 0 spiro atoms. The number of rotatable bonds is 1. The molecule has 0 N–H and O–H groups in total. The summed E-state index contributed by atoms with van der Waals surface area (Å²) in [7, 11) is 0. The maximum Gasteiger partial charge on any atom is 0.106 e. The zero-order valence-corrected chi connectivity index (χ0v) is 4.41. The van der Waals surface area contributed by atoms with Crippen LogP contribution in [0.5, 0.6) is 0 Å². The first-order valence-corrected chi connectivity index (χ1v) is 2.41. The zero-order chi connectivity index (χ0) is 13.2. The van der Waals surface area contributed by atoms with Crippen molar-refractivity contribution in [3.05, 3.63) is 35.8 Å². The van der Waals surface area contributed by atoms with Crippen LogP contribution in [0.15, 0.2) is 30.2 Å². The van der Waals surface area contributed by atoms with Crippen LogP contribution >= 0.6 is 0 Å². The number of ether oxygens (including phenoxy) is 1. The SMILES string of the molecule is [2H]c1c([2H])c([2H])c(C2([2H])OC2([2H])[2H])c([2H])c1[2H]. The van der Waals surface area contributed by atoms with Crippen molar-refractivity contribution in [2.75, 3.05) is 6.56 Å². The lowest BCUT2D eigenvalue weighted by atomic mass is 10.2. The predicted octanol–water partition coefficient (Wildman–Crippen LogP) is 1.76. The average molecular weight is 128 g/mol. The minimum atomic E-state index is -2.33. The lowest BCUT2D eigenvalue weighted by Crippen LogP contribution is -1.75. The summed E-state index contributed by atoms with van der Waals surface area (Å²) in [4.78, 5) is 0. The molecule has 1 heterocycles. The fourth-order valence-electron chi connectivity index (χ4n) is 0.491. The van der Waals surface area contributed by atoms with Crippen molar-refractivity contribution >= 4 is 0 Å². The van der Waals surface area contributed by atoms with E-state index in [1.54, 1.807) is 0 Å². The van der Waals surface area contributed by atoms with Gasteiger partial charge < -0.3 is 4.74 Å². The van der Waals surface area contributed by atoms with Crippen LogP contribution in [-0.4, -0.2) is 6.56 Å². The predicted molar refractivity (Wildman–Crippen MR) is 35.1 cm³/mol. The van der Waals surface area contributed by atoms with Crippen molar-refractivity contribution < 1.29 is 15.7 Å². The molecule has 1 aliphatic heterocycles. The van der Waals surface area contributed by atoms with Gasteiger partial charge >= 0.3 is 0 Å². The Morgan fingerprint density at radius 2 is 2.33 bits per heavy atom. The molecule has 0 radical (unpaired) electrons. The minimum Gasteiger partial charge on any atom is -0.368 e. The number of hydrogen-bond donors (Lipinski definition) is 0. The first kappa shape index (κ1) is 1.43. The number of hydrogen-bond acceptors (Lipinski definition) is 1.